The van der Waals surface area contributed by atoms with Crippen molar-refractivity contribution in [2.45, 2.75) is 19.8 Å². The van der Waals surface area contributed by atoms with Gasteiger partial charge in [0.2, 0.25) is 0 Å². The summed E-state index contributed by atoms with van der Waals surface area (Å²) in [5, 5.41) is 11.2. The minimum atomic E-state index is 0.184. The summed E-state index contributed by atoms with van der Waals surface area (Å²) in [7, 11) is 0. The highest BCUT2D eigenvalue weighted by atomic mass is 16.5. The molecule has 0 fully saturated rings. The van der Waals surface area contributed by atoms with Gasteiger partial charge in [0.1, 0.15) is 11.6 Å². The average Bonchev–Trinajstić information content (AvgIpc) is 2.29. The maximum absolute atomic E-state index is 8.34. The molecule has 4 nitrogen and oxygen atoms in total. The highest BCUT2D eigenvalue weighted by Gasteiger charge is 2.00. The van der Waals surface area contributed by atoms with Crippen LogP contribution in [0.5, 0.6) is 5.75 Å². The maximum atomic E-state index is 8.34. The molecule has 15 heavy (non-hydrogen) atoms. The lowest BCUT2D eigenvalue weighted by Gasteiger charge is -2.09. The Morgan fingerprint density at radius 2 is 2.20 bits per heavy atom. The van der Waals surface area contributed by atoms with E-state index < -0.39 is 0 Å². The van der Waals surface area contributed by atoms with E-state index in [0.29, 0.717) is 13.0 Å². The smallest absolute Gasteiger partial charge is 0.142 e. The van der Waals surface area contributed by atoms with E-state index in [1.807, 2.05) is 24.3 Å². The molecule has 0 saturated carbocycles. The molecule has 0 heterocycles. The van der Waals surface area contributed by atoms with Crippen LogP contribution in [0.15, 0.2) is 29.4 Å². The van der Waals surface area contributed by atoms with Gasteiger partial charge in [-0.3, -0.25) is 0 Å². The van der Waals surface area contributed by atoms with Crippen molar-refractivity contribution in [2.75, 3.05) is 6.61 Å². The van der Waals surface area contributed by atoms with Gasteiger partial charge in [0, 0.05) is 6.42 Å². The first kappa shape index (κ1) is 11.4. The van der Waals surface area contributed by atoms with Crippen LogP contribution in [-0.4, -0.2) is 17.6 Å². The predicted octanol–water partition coefficient (Wildman–Crippen LogP) is 1.76. The number of para-hydroxylation sites is 1. The number of aryl methyl sites for hydroxylation is 1. The Hall–Kier alpha value is -1.71. The molecule has 1 rings (SSSR count). The molecule has 0 aliphatic carbocycles. The number of ether oxygens (including phenoxy) is 1. The Kier molecular flexibility index (Phi) is 4.47. The number of hydrogen-bond acceptors (Lipinski definition) is 3. The van der Waals surface area contributed by atoms with Gasteiger partial charge in [-0.2, -0.15) is 0 Å². The Bertz CT molecular complexity index is 337. The van der Waals surface area contributed by atoms with Gasteiger partial charge in [0.05, 0.1) is 6.61 Å². The van der Waals surface area contributed by atoms with Gasteiger partial charge in [0.15, 0.2) is 0 Å². The van der Waals surface area contributed by atoms with E-state index in [-0.39, 0.29) is 5.84 Å². The molecule has 0 saturated heterocycles. The molecule has 1 aromatic carbocycles. The van der Waals surface area contributed by atoms with Crippen LogP contribution in [-0.2, 0) is 6.42 Å². The molecule has 0 amide bonds. The zero-order chi connectivity index (χ0) is 11.1. The molecule has 82 valence electrons. The second-order valence-corrected chi connectivity index (χ2v) is 3.15. The summed E-state index contributed by atoms with van der Waals surface area (Å²) < 4.78 is 5.53. The summed E-state index contributed by atoms with van der Waals surface area (Å²) in [6.07, 6.45) is 1.36. The van der Waals surface area contributed by atoms with E-state index in [9.17, 15) is 0 Å². The van der Waals surface area contributed by atoms with Crippen molar-refractivity contribution < 1.29 is 9.94 Å². The van der Waals surface area contributed by atoms with Crippen LogP contribution in [0.4, 0.5) is 0 Å². The zero-order valence-corrected chi connectivity index (χ0v) is 8.81. The fraction of sp³-hybridized carbons (Fsp3) is 0.364. The normalized spacial score (nSPS) is 11.4. The summed E-state index contributed by atoms with van der Waals surface area (Å²) in [5.74, 6) is 1.05. The molecule has 0 spiro atoms. The highest BCUT2D eigenvalue weighted by molar-refractivity contribution is 5.79. The van der Waals surface area contributed by atoms with E-state index in [1.165, 1.54) is 0 Å². The Balaban J connectivity index is 2.50. The predicted molar refractivity (Wildman–Crippen MR) is 59.3 cm³/mol. The summed E-state index contributed by atoms with van der Waals surface area (Å²) in [4.78, 5) is 0. The van der Waals surface area contributed by atoms with E-state index >= 15 is 0 Å². The van der Waals surface area contributed by atoms with Gasteiger partial charge in [-0.05, 0) is 18.1 Å². The van der Waals surface area contributed by atoms with Crippen molar-refractivity contribution in [3.63, 3.8) is 0 Å². The van der Waals surface area contributed by atoms with Gasteiger partial charge >= 0.3 is 0 Å². The van der Waals surface area contributed by atoms with Crippen molar-refractivity contribution in [2.24, 2.45) is 10.9 Å². The largest absolute Gasteiger partial charge is 0.493 e. The van der Waals surface area contributed by atoms with Gasteiger partial charge in [-0.1, -0.05) is 30.3 Å². The molecule has 0 atom stereocenters. The number of oxime groups is 1. The molecule has 3 N–H and O–H groups in total. The molecular weight excluding hydrogens is 192 g/mol. The molecular formula is C11H16N2O2. The third kappa shape index (κ3) is 3.50. The first-order valence-corrected chi connectivity index (χ1v) is 4.95. The highest BCUT2D eigenvalue weighted by Crippen LogP contribution is 2.18. The number of rotatable bonds is 5. The van der Waals surface area contributed by atoms with Crippen molar-refractivity contribution in [3.8, 4) is 5.75 Å². The third-order valence-electron chi connectivity index (χ3n) is 2.10. The van der Waals surface area contributed by atoms with Crippen LogP contribution in [0, 0.1) is 0 Å². The Morgan fingerprint density at radius 1 is 1.47 bits per heavy atom. The van der Waals surface area contributed by atoms with E-state index in [0.717, 1.165) is 17.7 Å². The lowest BCUT2D eigenvalue weighted by Crippen LogP contribution is -2.15. The van der Waals surface area contributed by atoms with Crippen LogP contribution in [0.25, 0.3) is 0 Å². The van der Waals surface area contributed by atoms with Crippen LogP contribution in [0.3, 0.4) is 0 Å². The van der Waals surface area contributed by atoms with Crippen LogP contribution < -0.4 is 10.5 Å². The first-order valence-electron chi connectivity index (χ1n) is 4.95. The van der Waals surface area contributed by atoms with Gasteiger partial charge in [-0.15, -0.1) is 0 Å². The number of nitrogens with zero attached hydrogens (tertiary/aromatic N) is 1. The third-order valence-corrected chi connectivity index (χ3v) is 2.10. The molecule has 1 aromatic rings. The molecule has 4 heteroatoms. The lowest BCUT2D eigenvalue weighted by molar-refractivity contribution is 0.304. The Labute approximate surface area is 89.4 Å². The monoisotopic (exact) mass is 208 g/mol. The first-order chi connectivity index (χ1) is 7.27. The number of benzene rings is 1. The summed E-state index contributed by atoms with van der Waals surface area (Å²) in [6.45, 7) is 2.50. The molecule has 0 radical (unpaired) electrons. The Morgan fingerprint density at radius 3 is 2.87 bits per heavy atom. The SMILES string of the molecule is CCc1ccccc1OCC/C(N)=N/O. The maximum Gasteiger partial charge on any atom is 0.142 e. The molecule has 0 unspecified atom stereocenters. The standard InChI is InChI=1S/C11H16N2O2/c1-2-9-5-3-4-6-10(9)15-8-7-11(12)13-14/h3-6,14H,2,7-8H2,1H3,(H2,12,13). The summed E-state index contributed by atoms with van der Waals surface area (Å²) in [5.41, 5.74) is 6.49. The van der Waals surface area contributed by atoms with Crippen LogP contribution in [0.1, 0.15) is 18.9 Å². The molecule has 0 aliphatic heterocycles. The number of amidine groups is 1. The van der Waals surface area contributed by atoms with Crippen molar-refractivity contribution in [1.82, 2.24) is 0 Å². The minimum absolute atomic E-state index is 0.184. The second-order valence-electron chi connectivity index (χ2n) is 3.15. The van der Waals surface area contributed by atoms with Crippen LogP contribution >= 0.6 is 0 Å². The minimum Gasteiger partial charge on any atom is -0.493 e. The molecule has 0 bridgehead atoms. The van der Waals surface area contributed by atoms with Crippen LogP contribution in [0.2, 0.25) is 0 Å². The van der Waals surface area contributed by atoms with E-state index in [4.69, 9.17) is 15.7 Å². The molecule has 0 aromatic heterocycles. The fourth-order valence-corrected chi connectivity index (χ4v) is 1.25. The molecule has 0 aliphatic rings. The second kappa shape index (κ2) is 5.90. The zero-order valence-electron chi connectivity index (χ0n) is 8.81. The summed E-state index contributed by atoms with van der Waals surface area (Å²) in [6, 6.07) is 7.86. The van der Waals surface area contributed by atoms with E-state index in [1.54, 1.807) is 0 Å². The van der Waals surface area contributed by atoms with Gasteiger partial charge < -0.3 is 15.7 Å². The van der Waals surface area contributed by atoms with Crippen molar-refractivity contribution >= 4 is 5.84 Å². The quantitative estimate of drug-likeness (QED) is 0.335. The van der Waals surface area contributed by atoms with Crippen molar-refractivity contribution in [3.05, 3.63) is 29.8 Å². The van der Waals surface area contributed by atoms with E-state index in [2.05, 4.69) is 12.1 Å². The summed E-state index contributed by atoms with van der Waals surface area (Å²) >= 11 is 0. The average molecular weight is 208 g/mol. The fourth-order valence-electron chi connectivity index (χ4n) is 1.25. The van der Waals surface area contributed by atoms with Gasteiger partial charge in [-0.25, -0.2) is 0 Å². The topological polar surface area (TPSA) is 67.8 Å². The van der Waals surface area contributed by atoms with Crippen molar-refractivity contribution in [1.29, 1.82) is 0 Å². The van der Waals surface area contributed by atoms with Gasteiger partial charge in [0.25, 0.3) is 0 Å². The number of hydrogen-bond donors (Lipinski definition) is 2. The number of nitrogens with two attached hydrogens (primary N) is 1. The lowest BCUT2D eigenvalue weighted by atomic mass is 10.1.